The first-order chi connectivity index (χ1) is 7.33. The van der Waals surface area contributed by atoms with E-state index in [1.807, 2.05) is 18.2 Å². The second-order valence-corrected chi connectivity index (χ2v) is 3.91. The first-order valence-electron chi connectivity index (χ1n) is 5.24. The third kappa shape index (κ3) is 5.50. The molecule has 1 aromatic rings. The van der Waals surface area contributed by atoms with E-state index in [1.54, 1.807) is 0 Å². The maximum Gasteiger partial charge on any atom is 0.0756 e. The van der Waals surface area contributed by atoms with Crippen molar-refractivity contribution in [3.63, 3.8) is 0 Å². The quantitative estimate of drug-likeness (QED) is 0.571. The highest BCUT2D eigenvalue weighted by atomic mass is 32.1. The van der Waals surface area contributed by atoms with Gasteiger partial charge in [-0.2, -0.15) is 0 Å². The summed E-state index contributed by atoms with van der Waals surface area (Å²) in [6.07, 6.45) is 2.61. The zero-order valence-electron chi connectivity index (χ0n) is 8.78. The largest absolute Gasteiger partial charge is 0.396 e. The Balaban J connectivity index is 2.17. The van der Waals surface area contributed by atoms with Gasteiger partial charge in [-0.05, 0) is 18.4 Å². The standard InChI is InChI=1S/C12H17NOS/c14-10-4-9-13-12(15)8-7-11-5-2-1-3-6-11/h1-3,5-6,14H,4,7-10H2,(H,13,15). The van der Waals surface area contributed by atoms with Gasteiger partial charge in [-0.1, -0.05) is 42.5 Å². The first kappa shape index (κ1) is 12.1. The summed E-state index contributed by atoms with van der Waals surface area (Å²) in [5.74, 6) is 0. The number of rotatable bonds is 6. The van der Waals surface area contributed by atoms with E-state index in [-0.39, 0.29) is 6.61 Å². The predicted molar refractivity (Wildman–Crippen MR) is 67.1 cm³/mol. The van der Waals surface area contributed by atoms with Crippen LogP contribution in [0.1, 0.15) is 18.4 Å². The minimum absolute atomic E-state index is 0.217. The Morgan fingerprint density at radius 2 is 2.00 bits per heavy atom. The maximum atomic E-state index is 8.60. The minimum atomic E-state index is 0.217. The molecule has 2 N–H and O–H groups in total. The van der Waals surface area contributed by atoms with Crippen LogP contribution in [0.5, 0.6) is 0 Å². The summed E-state index contributed by atoms with van der Waals surface area (Å²) in [6, 6.07) is 10.3. The van der Waals surface area contributed by atoms with Crippen molar-refractivity contribution in [2.75, 3.05) is 13.2 Å². The van der Waals surface area contributed by atoms with Gasteiger partial charge in [0.1, 0.15) is 0 Å². The fourth-order valence-corrected chi connectivity index (χ4v) is 1.50. The van der Waals surface area contributed by atoms with Crippen LogP contribution in [0.25, 0.3) is 0 Å². The van der Waals surface area contributed by atoms with E-state index in [0.717, 1.165) is 30.8 Å². The topological polar surface area (TPSA) is 32.3 Å². The molecule has 0 bridgehead atoms. The molecule has 0 aliphatic heterocycles. The van der Waals surface area contributed by atoms with Gasteiger partial charge in [-0.3, -0.25) is 0 Å². The van der Waals surface area contributed by atoms with Crippen molar-refractivity contribution in [2.24, 2.45) is 0 Å². The molecule has 0 spiro atoms. The number of nitrogens with one attached hydrogen (secondary N) is 1. The molecule has 0 aliphatic rings. The number of hydrogen-bond donors (Lipinski definition) is 2. The fourth-order valence-electron chi connectivity index (χ4n) is 1.30. The summed E-state index contributed by atoms with van der Waals surface area (Å²) in [6.45, 7) is 0.985. The summed E-state index contributed by atoms with van der Waals surface area (Å²) in [7, 11) is 0. The van der Waals surface area contributed by atoms with Gasteiger partial charge in [0.2, 0.25) is 0 Å². The molecule has 0 heterocycles. The monoisotopic (exact) mass is 223 g/mol. The Hall–Kier alpha value is -0.930. The molecule has 0 amide bonds. The number of aliphatic hydroxyl groups is 1. The molecule has 3 heteroatoms. The molecular formula is C12H17NOS. The van der Waals surface area contributed by atoms with Crippen LogP contribution in [0.3, 0.4) is 0 Å². The average Bonchev–Trinajstić information content (AvgIpc) is 2.28. The molecular weight excluding hydrogens is 206 g/mol. The summed E-state index contributed by atoms with van der Waals surface area (Å²) in [5, 5.41) is 11.7. The van der Waals surface area contributed by atoms with Crippen LogP contribution in [0.2, 0.25) is 0 Å². The lowest BCUT2D eigenvalue weighted by atomic mass is 10.1. The van der Waals surface area contributed by atoms with Crippen molar-refractivity contribution in [1.29, 1.82) is 0 Å². The summed E-state index contributed by atoms with van der Waals surface area (Å²) >= 11 is 5.17. The van der Waals surface area contributed by atoms with E-state index in [9.17, 15) is 0 Å². The number of aryl methyl sites for hydroxylation is 1. The van der Waals surface area contributed by atoms with Gasteiger partial charge >= 0.3 is 0 Å². The van der Waals surface area contributed by atoms with Gasteiger partial charge < -0.3 is 10.4 Å². The second kappa shape index (κ2) is 7.37. The zero-order valence-corrected chi connectivity index (χ0v) is 9.59. The van der Waals surface area contributed by atoms with Gasteiger partial charge in [0.05, 0.1) is 4.99 Å². The second-order valence-electron chi connectivity index (χ2n) is 3.41. The number of thiocarbonyl (C=S) groups is 1. The highest BCUT2D eigenvalue weighted by Gasteiger charge is 1.97. The van der Waals surface area contributed by atoms with Gasteiger partial charge in [-0.15, -0.1) is 0 Å². The fraction of sp³-hybridized carbons (Fsp3) is 0.417. The predicted octanol–water partition coefficient (Wildman–Crippen LogP) is 1.92. The van der Waals surface area contributed by atoms with Crippen LogP contribution in [0, 0.1) is 0 Å². The van der Waals surface area contributed by atoms with Gasteiger partial charge in [0.25, 0.3) is 0 Å². The number of benzene rings is 1. The van der Waals surface area contributed by atoms with Crippen LogP contribution in [0.15, 0.2) is 30.3 Å². The number of aliphatic hydroxyl groups excluding tert-OH is 1. The van der Waals surface area contributed by atoms with Crippen molar-refractivity contribution in [3.05, 3.63) is 35.9 Å². The lowest BCUT2D eigenvalue weighted by molar-refractivity contribution is 0.289. The summed E-state index contributed by atoms with van der Waals surface area (Å²) in [5.41, 5.74) is 1.31. The van der Waals surface area contributed by atoms with Crippen LogP contribution >= 0.6 is 12.2 Å². The third-order valence-electron chi connectivity index (χ3n) is 2.14. The normalized spacial score (nSPS) is 9.93. The SMILES string of the molecule is OCCCNC(=S)CCc1ccccc1. The minimum Gasteiger partial charge on any atom is -0.396 e. The van der Waals surface area contributed by atoms with Gasteiger partial charge in [0, 0.05) is 19.6 Å². The molecule has 2 nitrogen and oxygen atoms in total. The van der Waals surface area contributed by atoms with Crippen molar-refractivity contribution in [1.82, 2.24) is 5.32 Å². The van der Waals surface area contributed by atoms with E-state index in [2.05, 4.69) is 17.4 Å². The Labute approximate surface area is 96.3 Å². The highest BCUT2D eigenvalue weighted by molar-refractivity contribution is 7.80. The lowest BCUT2D eigenvalue weighted by Gasteiger charge is -2.06. The molecule has 15 heavy (non-hydrogen) atoms. The summed E-state index contributed by atoms with van der Waals surface area (Å²) < 4.78 is 0. The van der Waals surface area contributed by atoms with Gasteiger partial charge in [0.15, 0.2) is 0 Å². The molecule has 0 fully saturated rings. The smallest absolute Gasteiger partial charge is 0.0756 e. The average molecular weight is 223 g/mol. The Kier molecular flexibility index (Phi) is 5.97. The summed E-state index contributed by atoms with van der Waals surface area (Å²) in [4.78, 5) is 0.882. The molecule has 0 unspecified atom stereocenters. The molecule has 1 aromatic carbocycles. The van der Waals surface area contributed by atoms with E-state index < -0.39 is 0 Å². The van der Waals surface area contributed by atoms with E-state index in [1.165, 1.54) is 5.56 Å². The first-order valence-corrected chi connectivity index (χ1v) is 5.65. The van der Waals surface area contributed by atoms with E-state index in [4.69, 9.17) is 17.3 Å². The van der Waals surface area contributed by atoms with Gasteiger partial charge in [-0.25, -0.2) is 0 Å². The van der Waals surface area contributed by atoms with Crippen LogP contribution < -0.4 is 5.32 Å². The molecule has 0 radical (unpaired) electrons. The van der Waals surface area contributed by atoms with Crippen LogP contribution in [-0.4, -0.2) is 23.2 Å². The van der Waals surface area contributed by atoms with Crippen LogP contribution in [0.4, 0.5) is 0 Å². The third-order valence-corrected chi connectivity index (χ3v) is 2.49. The molecule has 0 aliphatic carbocycles. The molecule has 0 atom stereocenters. The Bertz CT molecular complexity index is 287. The Morgan fingerprint density at radius 1 is 1.27 bits per heavy atom. The molecule has 0 aromatic heterocycles. The van der Waals surface area contributed by atoms with Crippen molar-refractivity contribution < 1.29 is 5.11 Å². The Morgan fingerprint density at radius 3 is 2.67 bits per heavy atom. The zero-order chi connectivity index (χ0) is 10.9. The van der Waals surface area contributed by atoms with Crippen molar-refractivity contribution >= 4 is 17.2 Å². The van der Waals surface area contributed by atoms with E-state index >= 15 is 0 Å². The van der Waals surface area contributed by atoms with Crippen molar-refractivity contribution in [2.45, 2.75) is 19.3 Å². The van der Waals surface area contributed by atoms with E-state index in [0.29, 0.717) is 0 Å². The lowest BCUT2D eigenvalue weighted by Crippen LogP contribution is -2.23. The molecule has 0 saturated carbocycles. The highest BCUT2D eigenvalue weighted by Crippen LogP contribution is 2.02. The number of hydrogen-bond acceptors (Lipinski definition) is 2. The molecule has 1 rings (SSSR count). The van der Waals surface area contributed by atoms with Crippen LogP contribution in [-0.2, 0) is 6.42 Å². The molecule has 82 valence electrons. The molecule has 0 saturated heterocycles. The van der Waals surface area contributed by atoms with Crippen molar-refractivity contribution in [3.8, 4) is 0 Å². The maximum absolute atomic E-state index is 8.60.